The Balaban J connectivity index is 3.63. The normalized spacial score (nSPS) is 10.6. The maximum absolute atomic E-state index is 13.3. The molecule has 0 aromatic heterocycles. The minimum atomic E-state index is -1.31. The maximum atomic E-state index is 13.3. The van der Waals surface area contributed by atoms with Gasteiger partial charge in [0.1, 0.15) is 0 Å². The fourth-order valence-corrected chi connectivity index (χ4v) is 1.11. The van der Waals surface area contributed by atoms with Crippen molar-refractivity contribution >= 4 is 0 Å². The van der Waals surface area contributed by atoms with Crippen LogP contribution in [0, 0.1) is 11.6 Å². The van der Waals surface area contributed by atoms with Crippen molar-refractivity contribution in [3.8, 4) is 5.75 Å². The lowest BCUT2D eigenvalue weighted by Gasteiger charge is -2.02. The van der Waals surface area contributed by atoms with E-state index >= 15 is 0 Å². The van der Waals surface area contributed by atoms with E-state index in [1.165, 1.54) is 0 Å². The Kier molecular flexibility index (Phi) is 2.84. The predicted molar refractivity (Wildman–Crippen MR) is 48.4 cm³/mol. The predicted octanol–water partition coefficient (Wildman–Crippen LogP) is 2.15. The van der Waals surface area contributed by atoms with Crippen LogP contribution in [0.3, 0.4) is 0 Å². The topological polar surface area (TPSA) is 37.3 Å². The zero-order valence-electron chi connectivity index (χ0n) is 7.84. The third-order valence-electron chi connectivity index (χ3n) is 1.92. The standard InChI is InChI=1S/C10H10F2O2/c1-5(2)6-3-4-7(11)9(13)10(14)8(6)12/h3-5H,1-2H3,(H,13,14). The van der Waals surface area contributed by atoms with Crippen molar-refractivity contribution in [3.05, 3.63) is 39.6 Å². The highest BCUT2D eigenvalue weighted by atomic mass is 19.1. The molecule has 0 atom stereocenters. The second kappa shape index (κ2) is 3.74. The van der Waals surface area contributed by atoms with Gasteiger partial charge in [-0.05, 0) is 17.5 Å². The van der Waals surface area contributed by atoms with Crippen LogP contribution in [0.4, 0.5) is 8.78 Å². The van der Waals surface area contributed by atoms with Gasteiger partial charge >= 0.3 is 0 Å². The quantitative estimate of drug-likeness (QED) is 0.754. The Morgan fingerprint density at radius 1 is 1.29 bits per heavy atom. The summed E-state index contributed by atoms with van der Waals surface area (Å²) < 4.78 is 26.1. The Bertz CT molecular complexity index is 414. The molecule has 0 spiro atoms. The maximum Gasteiger partial charge on any atom is 0.258 e. The van der Waals surface area contributed by atoms with E-state index in [1.807, 2.05) is 0 Å². The number of hydrogen-bond acceptors (Lipinski definition) is 2. The molecule has 0 bridgehead atoms. The van der Waals surface area contributed by atoms with Crippen molar-refractivity contribution in [2.75, 3.05) is 0 Å². The fraction of sp³-hybridized carbons (Fsp3) is 0.300. The summed E-state index contributed by atoms with van der Waals surface area (Å²) in [6, 6.07) is 2.02. The Morgan fingerprint density at radius 3 is 2.36 bits per heavy atom. The van der Waals surface area contributed by atoms with Crippen LogP contribution in [-0.4, -0.2) is 5.11 Å². The molecule has 0 radical (unpaired) electrons. The Labute approximate surface area is 79.8 Å². The Morgan fingerprint density at radius 2 is 1.86 bits per heavy atom. The van der Waals surface area contributed by atoms with E-state index in [0.717, 1.165) is 12.1 Å². The van der Waals surface area contributed by atoms with Crippen LogP contribution in [0.25, 0.3) is 0 Å². The third-order valence-corrected chi connectivity index (χ3v) is 1.92. The second-order valence-corrected chi connectivity index (χ2v) is 3.28. The molecule has 0 saturated heterocycles. The lowest BCUT2D eigenvalue weighted by Crippen LogP contribution is -2.03. The second-order valence-electron chi connectivity index (χ2n) is 3.28. The zero-order valence-corrected chi connectivity index (χ0v) is 7.84. The summed E-state index contributed by atoms with van der Waals surface area (Å²) >= 11 is 0. The molecule has 0 aliphatic heterocycles. The van der Waals surface area contributed by atoms with Crippen molar-refractivity contribution in [1.82, 2.24) is 0 Å². The third kappa shape index (κ3) is 1.73. The molecule has 0 heterocycles. The van der Waals surface area contributed by atoms with Crippen LogP contribution in [0.2, 0.25) is 0 Å². The van der Waals surface area contributed by atoms with E-state index in [-0.39, 0.29) is 11.5 Å². The van der Waals surface area contributed by atoms with Gasteiger partial charge in [0.2, 0.25) is 5.75 Å². The van der Waals surface area contributed by atoms with Gasteiger partial charge in [-0.2, -0.15) is 0 Å². The first kappa shape index (κ1) is 10.6. The number of aromatic hydroxyl groups is 1. The van der Waals surface area contributed by atoms with E-state index in [2.05, 4.69) is 0 Å². The van der Waals surface area contributed by atoms with Gasteiger partial charge in [0.25, 0.3) is 5.43 Å². The van der Waals surface area contributed by atoms with Crippen LogP contribution in [0.1, 0.15) is 25.3 Å². The van der Waals surface area contributed by atoms with Crippen LogP contribution in [0.5, 0.6) is 5.75 Å². The van der Waals surface area contributed by atoms with Gasteiger partial charge < -0.3 is 5.11 Å². The van der Waals surface area contributed by atoms with E-state index in [0.29, 0.717) is 0 Å². The van der Waals surface area contributed by atoms with E-state index < -0.39 is 22.8 Å². The minimum Gasteiger partial charge on any atom is -0.502 e. The molecular formula is C10H10F2O2. The summed E-state index contributed by atoms with van der Waals surface area (Å²) in [4.78, 5) is 10.9. The first-order chi connectivity index (χ1) is 6.45. The van der Waals surface area contributed by atoms with Crippen LogP contribution >= 0.6 is 0 Å². The summed E-state index contributed by atoms with van der Waals surface area (Å²) in [6.07, 6.45) is 0. The molecule has 1 N–H and O–H groups in total. The summed E-state index contributed by atoms with van der Waals surface area (Å²) in [5.74, 6) is -3.59. The fourth-order valence-electron chi connectivity index (χ4n) is 1.11. The van der Waals surface area contributed by atoms with E-state index in [4.69, 9.17) is 5.11 Å². The number of halogens is 2. The minimum absolute atomic E-state index is 0.114. The molecule has 1 rings (SSSR count). The van der Waals surface area contributed by atoms with Crippen molar-refractivity contribution in [2.24, 2.45) is 0 Å². The average molecular weight is 200 g/mol. The molecule has 0 amide bonds. The SMILES string of the molecule is CC(C)c1ccc(F)c(=O)c(O)c1F. The van der Waals surface area contributed by atoms with Gasteiger partial charge in [0.05, 0.1) is 0 Å². The lowest BCUT2D eigenvalue weighted by atomic mass is 10.1. The van der Waals surface area contributed by atoms with Crippen molar-refractivity contribution < 1.29 is 13.9 Å². The summed E-state index contributed by atoms with van der Waals surface area (Å²) in [5, 5.41) is 9.05. The lowest BCUT2D eigenvalue weighted by molar-refractivity contribution is 0.419. The zero-order chi connectivity index (χ0) is 10.9. The molecule has 0 aliphatic carbocycles. The summed E-state index contributed by atoms with van der Waals surface area (Å²) in [6.45, 7) is 3.36. The first-order valence-corrected chi connectivity index (χ1v) is 4.16. The average Bonchev–Trinajstić information content (AvgIpc) is 2.21. The van der Waals surface area contributed by atoms with Gasteiger partial charge in [0.15, 0.2) is 11.6 Å². The highest BCUT2D eigenvalue weighted by molar-refractivity contribution is 5.30. The number of rotatable bonds is 1. The molecule has 1 aromatic carbocycles. The van der Waals surface area contributed by atoms with Gasteiger partial charge in [-0.25, -0.2) is 8.78 Å². The van der Waals surface area contributed by atoms with Crippen LogP contribution in [-0.2, 0) is 0 Å². The molecule has 76 valence electrons. The highest BCUT2D eigenvalue weighted by Gasteiger charge is 2.14. The summed E-state index contributed by atoms with van der Waals surface area (Å²) in [5.41, 5.74) is -1.20. The van der Waals surface area contributed by atoms with Gasteiger partial charge in [-0.1, -0.05) is 19.9 Å². The largest absolute Gasteiger partial charge is 0.502 e. The van der Waals surface area contributed by atoms with Crippen LogP contribution in [0.15, 0.2) is 16.9 Å². The van der Waals surface area contributed by atoms with Gasteiger partial charge in [0, 0.05) is 0 Å². The Hall–Kier alpha value is -1.45. The number of hydrogen-bond donors (Lipinski definition) is 1. The smallest absolute Gasteiger partial charge is 0.258 e. The molecule has 2 nitrogen and oxygen atoms in total. The molecule has 0 unspecified atom stereocenters. The monoisotopic (exact) mass is 200 g/mol. The van der Waals surface area contributed by atoms with Crippen molar-refractivity contribution in [1.29, 1.82) is 0 Å². The molecular weight excluding hydrogens is 190 g/mol. The van der Waals surface area contributed by atoms with Gasteiger partial charge in [-0.15, -0.1) is 0 Å². The van der Waals surface area contributed by atoms with Gasteiger partial charge in [-0.3, -0.25) is 4.79 Å². The molecule has 1 aromatic rings. The highest BCUT2D eigenvalue weighted by Crippen LogP contribution is 2.21. The molecule has 14 heavy (non-hydrogen) atoms. The molecule has 0 fully saturated rings. The van der Waals surface area contributed by atoms with E-state index in [9.17, 15) is 13.6 Å². The van der Waals surface area contributed by atoms with Crippen molar-refractivity contribution in [2.45, 2.75) is 19.8 Å². The molecule has 0 saturated carbocycles. The summed E-state index contributed by atoms with van der Waals surface area (Å²) in [7, 11) is 0. The van der Waals surface area contributed by atoms with Crippen molar-refractivity contribution in [3.63, 3.8) is 0 Å². The first-order valence-electron chi connectivity index (χ1n) is 4.16. The molecule has 4 heteroatoms. The molecule has 0 aliphatic rings. The van der Waals surface area contributed by atoms with Crippen LogP contribution < -0.4 is 5.43 Å². The van der Waals surface area contributed by atoms with E-state index in [1.54, 1.807) is 13.8 Å².